The van der Waals surface area contributed by atoms with E-state index in [1.165, 1.54) is 16.7 Å². The summed E-state index contributed by atoms with van der Waals surface area (Å²) in [4.78, 5) is 0. The minimum atomic E-state index is 0. The zero-order valence-electron chi connectivity index (χ0n) is 8.78. The molecule has 1 atom stereocenters. The Morgan fingerprint density at radius 1 is 1.17 bits per heavy atom. The van der Waals surface area contributed by atoms with Crippen molar-refractivity contribution >= 4 is 0 Å². The van der Waals surface area contributed by atoms with Crippen molar-refractivity contribution in [2.45, 2.75) is 34.6 Å². The maximum Gasteiger partial charge on any atom is 2.00 e. The summed E-state index contributed by atoms with van der Waals surface area (Å²) in [5.41, 5.74) is 4.25. The van der Waals surface area contributed by atoms with E-state index in [0.717, 1.165) is 0 Å². The van der Waals surface area contributed by atoms with Gasteiger partial charge in [0.2, 0.25) is 0 Å². The van der Waals surface area contributed by atoms with Gasteiger partial charge >= 0.3 is 26.2 Å². The van der Waals surface area contributed by atoms with Gasteiger partial charge in [-0.05, 0) is 0 Å². The van der Waals surface area contributed by atoms with E-state index < -0.39 is 0 Å². The second-order valence-corrected chi connectivity index (χ2v) is 2.80. The molecule has 1 aliphatic carbocycles. The number of hydrogen-bond acceptors (Lipinski definition) is 0. The van der Waals surface area contributed by atoms with Crippen LogP contribution in [0.25, 0.3) is 0 Å². The molecule has 0 aromatic rings. The molecule has 0 nitrogen and oxygen atoms in total. The summed E-state index contributed by atoms with van der Waals surface area (Å²) in [6, 6.07) is 0. The van der Waals surface area contributed by atoms with E-state index in [1.807, 2.05) is 0 Å². The quantitative estimate of drug-likeness (QED) is 0.569. The first-order valence-corrected chi connectivity index (χ1v) is 4.11. The van der Waals surface area contributed by atoms with Crippen LogP contribution in [0.1, 0.15) is 34.6 Å². The molecule has 0 saturated carbocycles. The third-order valence-corrected chi connectivity index (χ3v) is 2.24. The molecular formula is C11H18Zr. The van der Waals surface area contributed by atoms with Gasteiger partial charge in [-0.3, -0.25) is 6.08 Å². The summed E-state index contributed by atoms with van der Waals surface area (Å²) in [5.74, 6) is 0.560. The average Bonchev–Trinajstić information content (AvgIpc) is 2.22. The van der Waals surface area contributed by atoms with Gasteiger partial charge in [0.25, 0.3) is 0 Å². The van der Waals surface area contributed by atoms with Crippen molar-refractivity contribution in [1.82, 2.24) is 0 Å². The first-order chi connectivity index (χ1) is 5.13. The van der Waals surface area contributed by atoms with Gasteiger partial charge in [0.1, 0.15) is 0 Å². The van der Waals surface area contributed by atoms with Crippen LogP contribution in [0.15, 0.2) is 16.7 Å². The van der Waals surface area contributed by atoms with E-state index in [9.17, 15) is 0 Å². The van der Waals surface area contributed by atoms with Crippen LogP contribution in [0.4, 0.5) is 0 Å². The van der Waals surface area contributed by atoms with Crippen molar-refractivity contribution in [3.05, 3.63) is 29.7 Å². The smallest absolute Gasteiger partial charge is 0.346 e. The van der Waals surface area contributed by atoms with Gasteiger partial charge in [-0.15, -0.1) is 6.92 Å². The fraction of sp³-hybridized carbons (Fsp3) is 0.545. The minimum Gasteiger partial charge on any atom is -0.346 e. The molecule has 12 heavy (non-hydrogen) atoms. The topological polar surface area (TPSA) is 0 Å². The fourth-order valence-electron chi connectivity index (χ4n) is 1.16. The number of hydrogen-bond donors (Lipinski definition) is 0. The first-order valence-electron chi connectivity index (χ1n) is 4.11. The predicted octanol–water partition coefficient (Wildman–Crippen LogP) is 3.56. The molecule has 0 aromatic heterocycles. The van der Waals surface area contributed by atoms with E-state index in [2.05, 4.69) is 40.7 Å². The van der Waals surface area contributed by atoms with Gasteiger partial charge in [-0.1, -0.05) is 26.7 Å². The Balaban J connectivity index is 0. The van der Waals surface area contributed by atoms with Gasteiger partial charge in [0.05, 0.1) is 0 Å². The molecule has 0 N–H and O–H groups in total. The van der Waals surface area contributed by atoms with E-state index in [-0.39, 0.29) is 26.2 Å². The maximum atomic E-state index is 3.36. The van der Waals surface area contributed by atoms with Crippen molar-refractivity contribution in [3.8, 4) is 0 Å². The monoisotopic (exact) mass is 240 g/mol. The third kappa shape index (κ3) is 3.39. The molecule has 0 spiro atoms. The minimum absolute atomic E-state index is 0. The molecular weight excluding hydrogens is 223 g/mol. The largest absolute Gasteiger partial charge is 2.00 e. The van der Waals surface area contributed by atoms with E-state index in [1.54, 1.807) is 6.92 Å². The molecule has 1 aliphatic rings. The van der Waals surface area contributed by atoms with Gasteiger partial charge in [0.15, 0.2) is 0 Å². The maximum absolute atomic E-state index is 3.36. The second-order valence-electron chi connectivity index (χ2n) is 2.80. The molecule has 0 bridgehead atoms. The van der Waals surface area contributed by atoms with Gasteiger partial charge in [-0.25, -0.2) is 5.57 Å². The molecule has 0 saturated heterocycles. The molecule has 1 rings (SSSR count). The Hall–Kier alpha value is 0.363. The summed E-state index contributed by atoms with van der Waals surface area (Å²) in [6.07, 6.45) is 3.36. The van der Waals surface area contributed by atoms with E-state index in [0.29, 0.717) is 5.92 Å². The molecule has 1 heteroatoms. The normalized spacial score (nSPS) is 20.8. The summed E-state index contributed by atoms with van der Waals surface area (Å²) < 4.78 is 0. The SMILES string of the molecule is CC1=[C-]C(C)C(C)=C1C.[CH2-]C.[Zr+2]. The predicted molar refractivity (Wildman–Crippen MR) is 51.0 cm³/mol. The Labute approximate surface area is 96.3 Å². The summed E-state index contributed by atoms with van der Waals surface area (Å²) >= 11 is 0. The van der Waals surface area contributed by atoms with Crippen LogP contribution in [0.2, 0.25) is 0 Å². The van der Waals surface area contributed by atoms with E-state index >= 15 is 0 Å². The summed E-state index contributed by atoms with van der Waals surface area (Å²) in [6.45, 7) is 13.7. The Kier molecular flexibility index (Phi) is 8.46. The van der Waals surface area contributed by atoms with Crippen molar-refractivity contribution < 1.29 is 26.2 Å². The van der Waals surface area contributed by atoms with Gasteiger partial charge in [-0.2, -0.15) is 18.1 Å². The molecule has 0 radical (unpaired) electrons. The number of allylic oxidation sites excluding steroid dienone is 4. The van der Waals surface area contributed by atoms with Crippen molar-refractivity contribution in [3.63, 3.8) is 0 Å². The Morgan fingerprint density at radius 2 is 1.58 bits per heavy atom. The molecule has 1 unspecified atom stereocenters. The van der Waals surface area contributed by atoms with Crippen LogP contribution < -0.4 is 0 Å². The van der Waals surface area contributed by atoms with Gasteiger partial charge < -0.3 is 6.92 Å². The Morgan fingerprint density at radius 3 is 1.67 bits per heavy atom. The summed E-state index contributed by atoms with van der Waals surface area (Å²) in [5, 5.41) is 0. The molecule has 0 amide bonds. The first kappa shape index (κ1) is 14.9. The van der Waals surface area contributed by atoms with Crippen LogP contribution in [-0.4, -0.2) is 0 Å². The standard InChI is InChI=1S/C9H13.C2H5.Zr/c1-6-5-7(2)9(4)8(6)3;1-2;/h6H,1-4H3;1H2,2H3;/q2*-1;+2. The van der Waals surface area contributed by atoms with Crippen LogP contribution in [0, 0.1) is 18.9 Å². The molecule has 0 aromatic carbocycles. The molecule has 0 fully saturated rings. The average molecular weight is 241 g/mol. The zero-order valence-corrected chi connectivity index (χ0v) is 11.2. The molecule has 66 valence electrons. The van der Waals surface area contributed by atoms with Crippen molar-refractivity contribution in [2.75, 3.05) is 0 Å². The second kappa shape index (κ2) is 6.83. The number of rotatable bonds is 0. The van der Waals surface area contributed by atoms with Crippen molar-refractivity contribution in [1.29, 1.82) is 0 Å². The van der Waals surface area contributed by atoms with Crippen LogP contribution in [0.5, 0.6) is 0 Å². The van der Waals surface area contributed by atoms with Gasteiger partial charge in [0, 0.05) is 0 Å². The summed E-state index contributed by atoms with van der Waals surface area (Å²) in [7, 11) is 0. The van der Waals surface area contributed by atoms with Crippen molar-refractivity contribution in [2.24, 2.45) is 5.92 Å². The molecule has 0 heterocycles. The third-order valence-electron chi connectivity index (χ3n) is 2.24. The van der Waals surface area contributed by atoms with Crippen LogP contribution >= 0.6 is 0 Å². The van der Waals surface area contributed by atoms with E-state index in [4.69, 9.17) is 0 Å². The molecule has 0 aliphatic heterocycles. The Bertz CT molecular complexity index is 187. The van der Waals surface area contributed by atoms with Crippen LogP contribution in [0.3, 0.4) is 0 Å². The fourth-order valence-corrected chi connectivity index (χ4v) is 1.16. The zero-order chi connectivity index (χ0) is 9.02. The van der Waals surface area contributed by atoms with Crippen LogP contribution in [-0.2, 0) is 26.2 Å².